The van der Waals surface area contributed by atoms with E-state index in [1.807, 2.05) is 0 Å². The number of carbonyl (C=O) groups is 8. The summed E-state index contributed by atoms with van der Waals surface area (Å²) in [6.07, 6.45) is -2.35. The molecule has 0 aliphatic carbocycles. The number of carbonyl (C=O) groups excluding carboxylic acids is 7. The number of nitrogens with one attached hydrogen (secondary N) is 9. The molecule has 26 nitrogen and oxygen atoms in total. The molecule has 74 heavy (non-hydrogen) atoms. The molecule has 1 aliphatic heterocycles. The molecule has 0 bridgehead atoms. The Hall–Kier alpha value is -8.16. The van der Waals surface area contributed by atoms with Crippen molar-refractivity contribution >= 4 is 93.7 Å². The molecule has 0 unspecified atom stereocenters. The summed E-state index contributed by atoms with van der Waals surface area (Å²) in [4.78, 5) is 103. The summed E-state index contributed by atoms with van der Waals surface area (Å²) >= 11 is 2.48. The summed E-state index contributed by atoms with van der Waals surface area (Å²) < 4.78 is 9.40. The molecule has 7 amide bonds. The number of ether oxygens (including phenoxy) is 2. The normalized spacial score (nSPS) is 14.1. The Morgan fingerprint density at radius 3 is 1.76 bits per heavy atom. The number of rotatable bonds is 23. The summed E-state index contributed by atoms with van der Waals surface area (Å²) in [6, 6.07) is 18.9. The van der Waals surface area contributed by atoms with Crippen LogP contribution in [0.15, 0.2) is 72.8 Å². The molecule has 390 valence electrons. The van der Waals surface area contributed by atoms with Crippen molar-refractivity contribution in [3.05, 3.63) is 115 Å². The monoisotopic (exact) mass is 1050 g/mol. The van der Waals surface area contributed by atoms with Gasteiger partial charge in [-0.05, 0) is 53.9 Å². The van der Waals surface area contributed by atoms with Crippen LogP contribution in [0.3, 0.4) is 0 Å². The second-order valence-electron chi connectivity index (χ2n) is 15.9. The van der Waals surface area contributed by atoms with Gasteiger partial charge in [-0.15, -0.1) is 22.7 Å². The number of imide groups is 1. The fourth-order valence-electron chi connectivity index (χ4n) is 7.04. The molecule has 1 fully saturated rings. The number of benzene rings is 2. The number of methoxy groups -OCH3 is 2. The Bertz CT molecular complexity index is 2770. The molecule has 0 spiro atoms. The van der Waals surface area contributed by atoms with Crippen molar-refractivity contribution < 1.29 is 77.3 Å². The van der Waals surface area contributed by atoms with Gasteiger partial charge in [0.15, 0.2) is 0 Å². The molecule has 5 rings (SSSR count). The first-order valence-corrected chi connectivity index (χ1v) is 23.0. The first kappa shape index (κ1) is 62.0. The number of amidine groups is 4. The van der Waals surface area contributed by atoms with Gasteiger partial charge in [0.2, 0.25) is 17.7 Å². The maximum absolute atomic E-state index is 13.4. The van der Waals surface area contributed by atoms with Gasteiger partial charge in [-0.1, -0.05) is 36.4 Å². The molecule has 3 heterocycles. The Labute approximate surface area is 443 Å². The van der Waals surface area contributed by atoms with Crippen LogP contribution in [0.1, 0.15) is 61.0 Å². The SMILES string of the molecule is COC(=O)C[C@](Cc1cccc(C(=N)N)c1)(NC(=O)OC)C(=O)NCC(=O)NCc1ccc(C(=N)N)s1.N=C(N)c1cccc(C[C@@]2(CCC(=O)O)NC(=O)N(CC(=O)NCc3ccc(C(=N)N)s3)C2=O)c1.[Li+].[OH-]. The van der Waals surface area contributed by atoms with Gasteiger partial charge in [0.05, 0.1) is 50.0 Å². The van der Waals surface area contributed by atoms with E-state index in [-0.39, 0.29) is 86.5 Å². The van der Waals surface area contributed by atoms with Crippen molar-refractivity contribution in [3.8, 4) is 0 Å². The molecule has 2 aromatic heterocycles. The van der Waals surface area contributed by atoms with E-state index in [1.165, 1.54) is 22.7 Å². The van der Waals surface area contributed by atoms with Gasteiger partial charge >= 0.3 is 42.9 Å². The minimum Gasteiger partial charge on any atom is -0.870 e. The number of carboxylic acids is 1. The van der Waals surface area contributed by atoms with Crippen LogP contribution in [0.2, 0.25) is 0 Å². The number of nitrogens with zero attached hydrogens (tertiary/aromatic N) is 1. The zero-order chi connectivity index (χ0) is 53.3. The summed E-state index contributed by atoms with van der Waals surface area (Å²) in [6.45, 7) is -0.721. The minimum absolute atomic E-state index is 0. The number of nitrogen functional groups attached to an aromatic ring is 4. The van der Waals surface area contributed by atoms with Crippen molar-refractivity contribution in [1.29, 1.82) is 21.6 Å². The van der Waals surface area contributed by atoms with Crippen molar-refractivity contribution in [2.24, 2.45) is 22.9 Å². The van der Waals surface area contributed by atoms with Crippen LogP contribution < -0.4 is 68.4 Å². The molecular weight excluding hydrogens is 1000 g/mol. The zero-order valence-corrected chi connectivity index (χ0v) is 42.0. The van der Waals surface area contributed by atoms with Gasteiger partial charge in [0.1, 0.15) is 41.0 Å². The molecule has 0 saturated carbocycles. The standard InChI is InChI=1S/C23H29N7O6S.C22H25N7O5S.Li.H2O/c1-35-18(32)10-23(30-22(34)36-2,9-13-4-3-5-14(8-13)19(24)25)21(33)29-12-17(31)28-11-15-6-7-16(37-15)20(26)27;23-18(24)13-3-1-2-12(8-13)9-22(7-6-17(31)32)20(33)29(21(34)28-22)11-16(30)27-10-14-4-5-15(35-14)19(25)26;;/h3-8H,9-12H2,1-2H3,(H3,24,25)(H3,26,27)(H,28,31)(H,29,33)(H,30,34);1-5,8H,6-7,9-11H2,(H3,23,24)(H3,25,26)(H,27,30)(H,28,34)(H,31,32);;1H2/q;;+1;/p-1/t23-;22-;;/m01../s1. The minimum atomic E-state index is -1.89. The number of esters is 1. The molecule has 1 saturated heterocycles. The summed E-state index contributed by atoms with van der Waals surface area (Å²) in [7, 11) is 2.23. The maximum Gasteiger partial charge on any atom is 1.00 e. The average Bonchev–Trinajstić information content (AvgIpc) is 4.08. The molecule has 2 atom stereocenters. The summed E-state index contributed by atoms with van der Waals surface area (Å²) in [5, 5.41) is 52.0. The van der Waals surface area contributed by atoms with Crippen LogP contribution in [0.5, 0.6) is 0 Å². The Kier molecular flexibility index (Phi) is 23.6. The van der Waals surface area contributed by atoms with Gasteiger partial charge in [0, 0.05) is 40.1 Å². The van der Waals surface area contributed by atoms with Gasteiger partial charge in [-0.2, -0.15) is 0 Å². The number of aliphatic carboxylic acids is 1. The predicted molar refractivity (Wildman–Crippen MR) is 266 cm³/mol. The number of alkyl carbamates (subject to hydrolysis) is 1. The third-order valence-corrected chi connectivity index (χ3v) is 12.9. The number of hydrogen-bond donors (Lipinski definition) is 14. The Balaban J connectivity index is 0.000000494. The predicted octanol–water partition coefficient (Wildman–Crippen LogP) is -2.89. The zero-order valence-electron chi connectivity index (χ0n) is 40.3. The molecule has 4 aromatic rings. The fraction of sp³-hybridized carbons (Fsp3) is 0.289. The van der Waals surface area contributed by atoms with E-state index in [0.717, 1.165) is 28.9 Å². The van der Waals surface area contributed by atoms with Crippen molar-refractivity contribution in [3.63, 3.8) is 0 Å². The largest absolute Gasteiger partial charge is 1.00 e. The first-order chi connectivity index (χ1) is 34.0. The molecule has 29 heteroatoms. The topological polar surface area (TPSA) is 468 Å². The van der Waals surface area contributed by atoms with Crippen LogP contribution >= 0.6 is 22.7 Å². The number of urea groups is 1. The van der Waals surface area contributed by atoms with Gasteiger partial charge in [-0.25, -0.2) is 9.59 Å². The number of nitrogens with two attached hydrogens (primary N) is 4. The Morgan fingerprint density at radius 2 is 1.27 bits per heavy atom. The molecule has 0 radical (unpaired) electrons. The van der Waals surface area contributed by atoms with Crippen LogP contribution in [-0.2, 0) is 64.2 Å². The quantitative estimate of drug-likeness (QED) is 0.0117. The number of amides is 7. The van der Waals surface area contributed by atoms with Gasteiger partial charge in [-0.3, -0.25) is 55.3 Å². The smallest absolute Gasteiger partial charge is 0.870 e. The van der Waals surface area contributed by atoms with E-state index in [2.05, 4.69) is 31.3 Å². The molecule has 1 aliphatic rings. The van der Waals surface area contributed by atoms with Crippen LogP contribution in [0.4, 0.5) is 9.59 Å². The number of carboxylic acid groups (broad SMARTS) is 1. The fourth-order valence-corrected chi connectivity index (χ4v) is 8.66. The number of thiophene rings is 2. The third-order valence-electron chi connectivity index (χ3n) is 10.6. The maximum atomic E-state index is 13.4. The van der Waals surface area contributed by atoms with Crippen molar-refractivity contribution in [1.82, 2.24) is 31.5 Å². The summed E-state index contributed by atoms with van der Waals surface area (Å²) in [5.74, 6) is -5.13. The summed E-state index contributed by atoms with van der Waals surface area (Å²) in [5.41, 5.74) is 20.4. The second-order valence-corrected chi connectivity index (χ2v) is 18.3. The second kappa shape index (κ2) is 28.2. The number of hydrogen-bond acceptors (Lipinski definition) is 17. The molecule has 2 aromatic carbocycles. The van der Waals surface area contributed by atoms with Gasteiger partial charge < -0.3 is 69.6 Å². The van der Waals surface area contributed by atoms with E-state index in [0.29, 0.717) is 32.0 Å². The third kappa shape index (κ3) is 17.6. The van der Waals surface area contributed by atoms with Crippen molar-refractivity contribution in [2.75, 3.05) is 27.3 Å². The first-order valence-electron chi connectivity index (χ1n) is 21.3. The van der Waals surface area contributed by atoms with E-state index >= 15 is 0 Å². The van der Waals surface area contributed by atoms with Crippen LogP contribution in [0.25, 0.3) is 0 Å². The van der Waals surface area contributed by atoms with E-state index in [9.17, 15) is 43.5 Å². The van der Waals surface area contributed by atoms with Gasteiger partial charge in [0.25, 0.3) is 5.91 Å². The molecular formula is C45H55LiN14O12S2. The average molecular weight is 1060 g/mol. The molecule has 19 N–H and O–H groups in total. The van der Waals surface area contributed by atoms with Crippen LogP contribution in [-0.4, -0.2) is 125 Å². The van der Waals surface area contributed by atoms with E-state index < -0.39 is 78.3 Å². The van der Waals surface area contributed by atoms with E-state index in [4.69, 9.17) is 49.3 Å². The van der Waals surface area contributed by atoms with Crippen molar-refractivity contribution in [2.45, 2.75) is 56.3 Å². The Morgan fingerprint density at radius 1 is 0.743 bits per heavy atom. The van der Waals surface area contributed by atoms with E-state index in [1.54, 1.807) is 72.8 Å². The van der Waals surface area contributed by atoms with Crippen LogP contribution in [0, 0.1) is 21.6 Å².